The Morgan fingerprint density at radius 3 is 1.38 bits per heavy atom. The van der Waals surface area contributed by atoms with Crippen molar-refractivity contribution in [3.05, 3.63) is 0 Å². The summed E-state index contributed by atoms with van der Waals surface area (Å²) in [5, 5.41) is 0. The highest BCUT2D eigenvalue weighted by atomic mass is 16.5. The predicted octanol–water partition coefficient (Wildman–Crippen LogP) is 9.88. The van der Waals surface area contributed by atoms with Crippen LogP contribution in [0.15, 0.2) is 0 Å². The SMILES string of the molecule is CCCCCCCCCCCCC(CCCCCCCCCCCC)N(C)C(=O)CCCOCCOC. The Hall–Kier alpha value is -0.610. The van der Waals surface area contributed by atoms with E-state index in [0.29, 0.717) is 38.2 Å². The van der Waals surface area contributed by atoms with Gasteiger partial charge in [0.2, 0.25) is 5.91 Å². The lowest BCUT2D eigenvalue weighted by atomic mass is 9.98. The van der Waals surface area contributed by atoms with Gasteiger partial charge in [0.25, 0.3) is 0 Å². The second kappa shape index (κ2) is 29.9. The van der Waals surface area contributed by atoms with Crippen LogP contribution < -0.4 is 0 Å². The second-order valence-electron chi connectivity index (χ2n) is 11.3. The van der Waals surface area contributed by atoms with Crippen molar-refractivity contribution in [3.63, 3.8) is 0 Å². The number of carbonyl (C=O) groups excluding carboxylic acids is 1. The zero-order chi connectivity index (χ0) is 27.2. The molecule has 0 fully saturated rings. The van der Waals surface area contributed by atoms with Gasteiger partial charge >= 0.3 is 0 Å². The standard InChI is InChI=1S/C33H67NO3/c1-5-7-9-11-13-15-17-19-21-23-26-32(27-24-22-20-18-16-14-12-10-8-6-2)34(3)33(35)28-25-29-37-31-30-36-4/h32H,5-31H2,1-4H3. The lowest BCUT2D eigenvalue weighted by Crippen LogP contribution is -2.37. The van der Waals surface area contributed by atoms with Crippen LogP contribution in [-0.2, 0) is 14.3 Å². The number of carbonyl (C=O) groups is 1. The average Bonchev–Trinajstić information content (AvgIpc) is 2.91. The second-order valence-corrected chi connectivity index (χ2v) is 11.3. The number of hydrogen-bond donors (Lipinski definition) is 0. The maximum absolute atomic E-state index is 12.9. The molecular formula is C33H67NO3. The molecule has 222 valence electrons. The van der Waals surface area contributed by atoms with Gasteiger partial charge in [-0.15, -0.1) is 0 Å². The van der Waals surface area contributed by atoms with Crippen molar-refractivity contribution in [1.82, 2.24) is 4.90 Å². The monoisotopic (exact) mass is 526 g/mol. The summed E-state index contributed by atoms with van der Waals surface area (Å²) in [7, 11) is 3.73. The summed E-state index contributed by atoms with van der Waals surface area (Å²) in [4.78, 5) is 15.0. The number of hydrogen-bond acceptors (Lipinski definition) is 3. The van der Waals surface area contributed by atoms with Crippen LogP contribution in [0.1, 0.15) is 168 Å². The molecule has 0 aliphatic rings. The Bertz CT molecular complexity index is 433. The van der Waals surface area contributed by atoms with Crippen molar-refractivity contribution in [1.29, 1.82) is 0 Å². The Morgan fingerprint density at radius 2 is 0.973 bits per heavy atom. The molecule has 4 nitrogen and oxygen atoms in total. The summed E-state index contributed by atoms with van der Waals surface area (Å²) in [6, 6.07) is 0.407. The van der Waals surface area contributed by atoms with E-state index in [1.807, 2.05) is 7.05 Å². The fourth-order valence-corrected chi connectivity index (χ4v) is 5.22. The van der Waals surface area contributed by atoms with Crippen molar-refractivity contribution in [2.75, 3.05) is 34.0 Å². The Kier molecular flexibility index (Phi) is 29.4. The van der Waals surface area contributed by atoms with E-state index >= 15 is 0 Å². The maximum atomic E-state index is 12.9. The number of nitrogens with zero attached hydrogens (tertiary/aromatic N) is 1. The third kappa shape index (κ3) is 25.4. The van der Waals surface area contributed by atoms with Crippen molar-refractivity contribution in [2.24, 2.45) is 0 Å². The Labute approximate surface area is 233 Å². The van der Waals surface area contributed by atoms with Crippen LogP contribution >= 0.6 is 0 Å². The van der Waals surface area contributed by atoms with Crippen molar-refractivity contribution < 1.29 is 14.3 Å². The van der Waals surface area contributed by atoms with Gasteiger partial charge in [-0.25, -0.2) is 0 Å². The van der Waals surface area contributed by atoms with E-state index in [1.54, 1.807) is 7.11 Å². The van der Waals surface area contributed by atoms with E-state index in [4.69, 9.17) is 9.47 Å². The fourth-order valence-electron chi connectivity index (χ4n) is 5.22. The van der Waals surface area contributed by atoms with Gasteiger partial charge in [0.15, 0.2) is 0 Å². The van der Waals surface area contributed by atoms with Crippen LogP contribution in [0.3, 0.4) is 0 Å². The molecule has 0 radical (unpaired) electrons. The van der Waals surface area contributed by atoms with E-state index in [-0.39, 0.29) is 0 Å². The number of ether oxygens (including phenoxy) is 2. The number of rotatable bonds is 30. The van der Waals surface area contributed by atoms with Crippen LogP contribution in [0, 0.1) is 0 Å². The summed E-state index contributed by atoms with van der Waals surface area (Å²) < 4.78 is 10.6. The molecule has 0 saturated heterocycles. The highest BCUT2D eigenvalue weighted by molar-refractivity contribution is 5.76. The van der Waals surface area contributed by atoms with Gasteiger partial charge in [-0.05, 0) is 19.3 Å². The van der Waals surface area contributed by atoms with E-state index in [2.05, 4.69) is 18.7 Å². The van der Waals surface area contributed by atoms with Crippen molar-refractivity contribution in [3.8, 4) is 0 Å². The first kappa shape index (κ1) is 36.4. The Morgan fingerprint density at radius 1 is 0.568 bits per heavy atom. The molecule has 0 aliphatic carbocycles. The summed E-state index contributed by atoms with van der Waals surface area (Å²) in [6.07, 6.45) is 31.1. The van der Waals surface area contributed by atoms with Crippen LogP contribution in [0.5, 0.6) is 0 Å². The third-order valence-corrected chi connectivity index (χ3v) is 7.83. The van der Waals surface area contributed by atoms with Crippen molar-refractivity contribution >= 4 is 5.91 Å². The highest BCUT2D eigenvalue weighted by Gasteiger charge is 2.19. The number of unbranched alkanes of at least 4 members (excludes halogenated alkanes) is 18. The van der Waals surface area contributed by atoms with Gasteiger partial charge in [-0.2, -0.15) is 0 Å². The Balaban J connectivity index is 4.20. The van der Waals surface area contributed by atoms with Gasteiger partial charge < -0.3 is 14.4 Å². The molecule has 0 spiro atoms. The number of methoxy groups -OCH3 is 1. The molecule has 0 N–H and O–H groups in total. The lowest BCUT2D eigenvalue weighted by molar-refractivity contribution is -0.132. The maximum Gasteiger partial charge on any atom is 0.222 e. The summed E-state index contributed by atoms with van der Waals surface area (Å²) >= 11 is 0. The lowest BCUT2D eigenvalue weighted by Gasteiger charge is -2.29. The normalized spacial score (nSPS) is 11.5. The molecule has 0 aliphatic heterocycles. The van der Waals surface area contributed by atoms with Crippen molar-refractivity contribution in [2.45, 2.75) is 174 Å². The molecule has 0 aromatic heterocycles. The first-order valence-corrected chi connectivity index (χ1v) is 16.5. The molecule has 0 aromatic rings. The van der Waals surface area contributed by atoms with Crippen LogP contribution in [0.2, 0.25) is 0 Å². The summed E-state index contributed by atoms with van der Waals surface area (Å²) in [5.41, 5.74) is 0. The zero-order valence-electron chi connectivity index (χ0n) is 25.8. The van der Waals surface area contributed by atoms with Crippen LogP contribution in [0.25, 0.3) is 0 Å². The van der Waals surface area contributed by atoms with Gasteiger partial charge in [-0.3, -0.25) is 4.79 Å². The van der Waals surface area contributed by atoms with Gasteiger partial charge in [0, 0.05) is 33.2 Å². The molecule has 37 heavy (non-hydrogen) atoms. The summed E-state index contributed by atoms with van der Waals surface area (Å²) in [5.74, 6) is 0.291. The van der Waals surface area contributed by atoms with E-state index in [9.17, 15) is 4.79 Å². The molecule has 0 aromatic carbocycles. The molecule has 0 heterocycles. The minimum absolute atomic E-state index is 0.291. The van der Waals surface area contributed by atoms with E-state index < -0.39 is 0 Å². The molecular weight excluding hydrogens is 458 g/mol. The molecule has 0 saturated carbocycles. The largest absolute Gasteiger partial charge is 0.382 e. The first-order chi connectivity index (χ1) is 18.2. The molecule has 4 heteroatoms. The smallest absolute Gasteiger partial charge is 0.222 e. The first-order valence-electron chi connectivity index (χ1n) is 16.5. The molecule has 0 bridgehead atoms. The molecule has 1 amide bonds. The van der Waals surface area contributed by atoms with Crippen LogP contribution in [-0.4, -0.2) is 50.8 Å². The predicted molar refractivity (Wildman–Crippen MR) is 161 cm³/mol. The summed E-state index contributed by atoms with van der Waals surface area (Å²) in [6.45, 7) is 6.44. The fraction of sp³-hybridized carbons (Fsp3) is 0.970. The minimum Gasteiger partial charge on any atom is -0.382 e. The van der Waals surface area contributed by atoms with Gasteiger partial charge in [0.05, 0.1) is 13.2 Å². The van der Waals surface area contributed by atoms with Gasteiger partial charge in [0.1, 0.15) is 0 Å². The molecule has 0 unspecified atom stereocenters. The molecule has 0 atom stereocenters. The minimum atomic E-state index is 0.291. The topological polar surface area (TPSA) is 38.8 Å². The van der Waals surface area contributed by atoms with E-state index in [1.165, 1.54) is 141 Å². The quantitative estimate of drug-likeness (QED) is 0.0876. The molecule has 0 rings (SSSR count). The number of amides is 1. The van der Waals surface area contributed by atoms with Crippen LogP contribution in [0.4, 0.5) is 0 Å². The van der Waals surface area contributed by atoms with E-state index in [0.717, 1.165) is 6.42 Å². The highest BCUT2D eigenvalue weighted by Crippen LogP contribution is 2.20. The third-order valence-electron chi connectivity index (χ3n) is 7.83. The average molecular weight is 526 g/mol. The van der Waals surface area contributed by atoms with Gasteiger partial charge in [-0.1, -0.05) is 142 Å². The zero-order valence-corrected chi connectivity index (χ0v) is 25.8.